The summed E-state index contributed by atoms with van der Waals surface area (Å²) >= 11 is 0. The molecule has 5 rings (SSSR count). The maximum atomic E-state index is 12.3. The lowest BCUT2D eigenvalue weighted by molar-refractivity contribution is -0.141. The number of rotatable bonds is 8. The van der Waals surface area contributed by atoms with Gasteiger partial charge in [-0.05, 0) is 116 Å². The number of aliphatic imine (C=N–C) groups is 3. The highest BCUT2D eigenvalue weighted by Crippen LogP contribution is 2.39. The first kappa shape index (κ1) is 32.6. The normalized spacial score (nSPS) is 18.5. The van der Waals surface area contributed by atoms with Gasteiger partial charge in [-0.3, -0.25) is 9.59 Å². The molecule has 0 saturated carbocycles. The van der Waals surface area contributed by atoms with Gasteiger partial charge >= 0.3 is 11.9 Å². The van der Waals surface area contributed by atoms with Crippen molar-refractivity contribution >= 4 is 41.2 Å². The number of carbonyl (C=O) groups is 2. The largest absolute Gasteiger partial charge is 0.515 e. The van der Waals surface area contributed by atoms with E-state index in [0.717, 1.165) is 86.6 Å². The maximum Gasteiger partial charge on any atom is 0.305 e. The molecule has 0 atom stereocenters. The Morgan fingerprint density at radius 3 is 1.74 bits per heavy atom. The lowest BCUT2D eigenvalue weighted by atomic mass is 9.89. The van der Waals surface area contributed by atoms with Crippen molar-refractivity contribution in [2.75, 3.05) is 14.2 Å². The van der Waals surface area contributed by atoms with Crippen LogP contribution < -0.4 is 0 Å². The summed E-state index contributed by atoms with van der Waals surface area (Å²) in [6.45, 7) is 12.4. The molecule has 2 N–H and O–H groups in total. The standard InChI is InChI=1S/C37H42N4O5/c1-9-23-19(3)28-15-30-21(5)25(11-13-34(43)45-7)36(40-30)27(18-42)37-26(12-14-35(44)46-8)22(6)31(41-37)17-33-24(10-2)20(4)29(39-33)16-32(23)38-28/h15-18,38,42H,9-14H2,1-8H3/b27-18+,29-16?,30-15?,31-17?. The molecule has 1 aromatic heterocycles. The van der Waals surface area contributed by atoms with Crippen LogP contribution in [-0.4, -0.2) is 53.4 Å². The molecule has 0 unspecified atom stereocenters. The minimum atomic E-state index is -0.336. The first-order valence-electron chi connectivity index (χ1n) is 15.8. The Morgan fingerprint density at radius 1 is 0.739 bits per heavy atom. The van der Waals surface area contributed by atoms with Crippen molar-refractivity contribution in [2.24, 2.45) is 15.0 Å². The van der Waals surface area contributed by atoms with E-state index in [1.165, 1.54) is 19.8 Å². The fraction of sp³-hybridized carbons (Fsp3) is 0.378. The van der Waals surface area contributed by atoms with E-state index < -0.39 is 0 Å². The average molecular weight is 623 g/mol. The van der Waals surface area contributed by atoms with Gasteiger partial charge in [0, 0.05) is 24.2 Å². The zero-order chi connectivity index (χ0) is 33.3. The first-order valence-corrected chi connectivity index (χ1v) is 15.8. The number of nitrogens with zero attached hydrogens (tertiary/aromatic N) is 3. The number of aliphatic hydroxyl groups is 1. The number of aliphatic hydroxyl groups excluding tert-OH is 1. The molecule has 0 saturated heterocycles. The molecule has 46 heavy (non-hydrogen) atoms. The van der Waals surface area contributed by atoms with Crippen LogP contribution in [0.3, 0.4) is 0 Å². The quantitative estimate of drug-likeness (QED) is 0.229. The van der Waals surface area contributed by atoms with Crippen molar-refractivity contribution in [1.82, 2.24) is 4.98 Å². The van der Waals surface area contributed by atoms with Crippen LogP contribution in [0.15, 0.2) is 83.4 Å². The molecule has 1 aromatic rings. The summed E-state index contributed by atoms with van der Waals surface area (Å²) in [7, 11) is 2.74. The van der Waals surface area contributed by atoms with E-state index in [0.29, 0.717) is 35.5 Å². The van der Waals surface area contributed by atoms with Gasteiger partial charge in [-0.15, -0.1) is 0 Å². The molecule has 240 valence electrons. The third-order valence-electron chi connectivity index (χ3n) is 9.34. The van der Waals surface area contributed by atoms with E-state index in [1.54, 1.807) is 0 Å². The van der Waals surface area contributed by atoms with Crippen LogP contribution in [-0.2, 0) is 25.5 Å². The summed E-state index contributed by atoms with van der Waals surface area (Å²) in [4.78, 5) is 43.4. The Bertz CT molecular complexity index is 1850. The van der Waals surface area contributed by atoms with E-state index in [2.05, 4.69) is 38.8 Å². The zero-order valence-corrected chi connectivity index (χ0v) is 28.0. The van der Waals surface area contributed by atoms with Crippen molar-refractivity contribution in [2.45, 2.75) is 80.1 Å². The van der Waals surface area contributed by atoms with Crippen LogP contribution in [0.25, 0.3) is 12.2 Å². The number of allylic oxidation sites excluding steroid dienone is 8. The Kier molecular flexibility index (Phi) is 9.42. The summed E-state index contributed by atoms with van der Waals surface area (Å²) < 4.78 is 9.90. The second-order valence-corrected chi connectivity index (χ2v) is 11.8. The molecule has 0 amide bonds. The fourth-order valence-electron chi connectivity index (χ4n) is 6.58. The van der Waals surface area contributed by atoms with Gasteiger partial charge in [-0.1, -0.05) is 13.8 Å². The van der Waals surface area contributed by atoms with Crippen LogP contribution in [0.4, 0.5) is 0 Å². The maximum absolute atomic E-state index is 12.3. The molecule has 0 radical (unpaired) electrons. The third-order valence-corrected chi connectivity index (χ3v) is 9.34. The Balaban J connectivity index is 1.80. The van der Waals surface area contributed by atoms with Gasteiger partial charge in [0.2, 0.25) is 0 Å². The van der Waals surface area contributed by atoms with Gasteiger partial charge in [0.1, 0.15) is 0 Å². The molecule has 9 nitrogen and oxygen atoms in total. The van der Waals surface area contributed by atoms with Gasteiger partial charge in [-0.2, -0.15) is 0 Å². The number of H-pyrrole nitrogens is 1. The molecule has 4 aliphatic heterocycles. The Hall–Kier alpha value is -4.79. The van der Waals surface area contributed by atoms with Gasteiger partial charge in [-0.25, -0.2) is 15.0 Å². The second kappa shape index (κ2) is 13.3. The van der Waals surface area contributed by atoms with E-state index in [1.807, 2.05) is 26.0 Å². The number of ether oxygens (including phenoxy) is 2. The highest BCUT2D eigenvalue weighted by Gasteiger charge is 2.33. The molecule has 0 aromatic carbocycles. The van der Waals surface area contributed by atoms with Crippen LogP contribution >= 0.6 is 0 Å². The number of esters is 2. The highest BCUT2D eigenvalue weighted by molar-refractivity contribution is 6.37. The van der Waals surface area contributed by atoms with Crippen molar-refractivity contribution in [3.8, 4) is 0 Å². The van der Waals surface area contributed by atoms with E-state index in [4.69, 9.17) is 24.5 Å². The summed E-state index contributed by atoms with van der Waals surface area (Å²) in [5.74, 6) is -0.670. The number of methoxy groups -OCH3 is 2. The SMILES string of the molecule is CCC1=C(C)C2=Cc3[nH]c(c(C)c3CC)C=C3N=C(C(CCC(=O)OC)=C3C)/C(=C\O)C3=NC(=CC1=N2)C(C)=C3CCC(=O)OC. The second-order valence-electron chi connectivity index (χ2n) is 11.8. The smallest absolute Gasteiger partial charge is 0.305 e. The topological polar surface area (TPSA) is 126 Å². The van der Waals surface area contributed by atoms with Gasteiger partial charge in [0.25, 0.3) is 0 Å². The molecular weight excluding hydrogens is 580 g/mol. The summed E-state index contributed by atoms with van der Waals surface area (Å²) in [6.07, 6.45) is 9.86. The first-order chi connectivity index (χ1) is 22.1. The number of fused-ring (bicyclic) bond motifs is 5. The van der Waals surface area contributed by atoms with Crippen molar-refractivity contribution in [3.63, 3.8) is 0 Å². The predicted octanol–water partition coefficient (Wildman–Crippen LogP) is 7.54. The van der Waals surface area contributed by atoms with Crippen LogP contribution in [0, 0.1) is 6.92 Å². The van der Waals surface area contributed by atoms with Crippen LogP contribution in [0.2, 0.25) is 0 Å². The molecule has 8 bridgehead atoms. The molecule has 5 heterocycles. The minimum Gasteiger partial charge on any atom is -0.515 e. The summed E-state index contributed by atoms with van der Waals surface area (Å²) in [5.41, 5.74) is 14.6. The lowest BCUT2D eigenvalue weighted by Gasteiger charge is -2.14. The van der Waals surface area contributed by atoms with Crippen LogP contribution in [0.1, 0.15) is 89.2 Å². The number of nitrogens with one attached hydrogen (secondary N) is 1. The number of carbonyl (C=O) groups excluding carboxylic acids is 2. The number of aromatic nitrogens is 1. The van der Waals surface area contributed by atoms with Crippen molar-refractivity contribution in [3.05, 3.63) is 91.0 Å². The van der Waals surface area contributed by atoms with Gasteiger partial charge < -0.3 is 19.6 Å². The Labute approximate surface area is 270 Å². The fourth-order valence-corrected chi connectivity index (χ4v) is 6.58. The molecule has 0 aliphatic carbocycles. The minimum absolute atomic E-state index is 0.150. The molecular formula is C37H42N4O5. The Morgan fingerprint density at radius 2 is 1.24 bits per heavy atom. The molecule has 0 fully saturated rings. The zero-order valence-electron chi connectivity index (χ0n) is 28.0. The monoisotopic (exact) mass is 622 g/mol. The number of aromatic amines is 1. The van der Waals surface area contributed by atoms with Gasteiger partial charge in [0.05, 0.1) is 60.3 Å². The van der Waals surface area contributed by atoms with Crippen molar-refractivity contribution in [1.29, 1.82) is 0 Å². The van der Waals surface area contributed by atoms with E-state index in [-0.39, 0.29) is 24.8 Å². The lowest BCUT2D eigenvalue weighted by Crippen LogP contribution is -2.17. The predicted molar refractivity (Wildman–Crippen MR) is 183 cm³/mol. The van der Waals surface area contributed by atoms with E-state index >= 15 is 0 Å². The summed E-state index contributed by atoms with van der Waals surface area (Å²) in [6, 6.07) is 0. The van der Waals surface area contributed by atoms with E-state index in [9.17, 15) is 14.7 Å². The molecule has 4 aliphatic rings. The number of hydrogen-bond acceptors (Lipinski definition) is 8. The third kappa shape index (κ3) is 5.82. The highest BCUT2D eigenvalue weighted by atomic mass is 16.5. The molecule has 0 spiro atoms. The van der Waals surface area contributed by atoms with Crippen LogP contribution in [0.5, 0.6) is 0 Å². The number of hydrogen-bond donors (Lipinski definition) is 2. The molecule has 9 heteroatoms. The summed E-state index contributed by atoms with van der Waals surface area (Å²) in [5, 5.41) is 10.8. The van der Waals surface area contributed by atoms with Gasteiger partial charge in [0.15, 0.2) is 0 Å². The average Bonchev–Trinajstić information content (AvgIpc) is 3.72. The van der Waals surface area contributed by atoms with Crippen molar-refractivity contribution < 1.29 is 24.2 Å².